The smallest absolute Gasteiger partial charge is 0.330 e. The number of aromatic nitrogens is 2. The molecule has 31 heavy (non-hydrogen) atoms. The molecular formula is C21H18Cl2N4O3S. The van der Waals surface area contributed by atoms with Crippen LogP contribution in [0.1, 0.15) is 18.3 Å². The lowest BCUT2D eigenvalue weighted by atomic mass is 10.2. The topological polar surface area (TPSA) is 87.5 Å². The van der Waals surface area contributed by atoms with Gasteiger partial charge < -0.3 is 9.67 Å². The minimum absolute atomic E-state index is 0.406. The summed E-state index contributed by atoms with van der Waals surface area (Å²) in [5.74, 6) is 0.332. The summed E-state index contributed by atoms with van der Waals surface area (Å²) in [4.78, 5) is 4.68. The largest absolute Gasteiger partial charge is 0.493 e. The molecule has 0 aliphatic carbocycles. The molecule has 1 aromatic heterocycles. The van der Waals surface area contributed by atoms with Crippen molar-refractivity contribution in [1.29, 1.82) is 0 Å². The number of rotatable bonds is 5. The fourth-order valence-corrected chi connectivity index (χ4v) is 4.71. The van der Waals surface area contributed by atoms with Crippen LogP contribution in [0.3, 0.4) is 0 Å². The Kier molecular flexibility index (Phi) is 5.70. The van der Waals surface area contributed by atoms with E-state index < -0.39 is 16.1 Å². The number of benzene rings is 2. The Labute approximate surface area is 190 Å². The summed E-state index contributed by atoms with van der Waals surface area (Å²) in [5.41, 5.74) is 2.81. The molecule has 7 nitrogen and oxygen atoms in total. The zero-order chi connectivity index (χ0) is 22.2. The Hall–Kier alpha value is -2.94. The van der Waals surface area contributed by atoms with E-state index >= 15 is 0 Å². The summed E-state index contributed by atoms with van der Waals surface area (Å²) >= 11 is 12.3. The first kappa shape index (κ1) is 21.3. The van der Waals surface area contributed by atoms with Crippen molar-refractivity contribution in [2.75, 3.05) is 4.31 Å². The Morgan fingerprint density at radius 1 is 1.13 bits per heavy atom. The van der Waals surface area contributed by atoms with E-state index in [9.17, 15) is 13.5 Å². The maximum atomic E-state index is 12.0. The second-order valence-corrected chi connectivity index (χ2v) is 9.13. The first-order valence-electron chi connectivity index (χ1n) is 9.30. The van der Waals surface area contributed by atoms with Crippen LogP contribution in [0.25, 0.3) is 23.4 Å². The van der Waals surface area contributed by atoms with Crippen LogP contribution in [0, 0.1) is 0 Å². The lowest BCUT2D eigenvalue weighted by molar-refractivity contribution is 0.392. The van der Waals surface area contributed by atoms with E-state index in [2.05, 4.69) is 4.98 Å². The van der Waals surface area contributed by atoms with Crippen molar-refractivity contribution in [3.63, 3.8) is 0 Å². The highest BCUT2D eigenvalue weighted by Gasteiger charge is 2.28. The number of aryl methyl sites for hydroxylation is 1. The molecular weight excluding hydrogens is 459 g/mol. The van der Waals surface area contributed by atoms with E-state index in [0.29, 0.717) is 15.7 Å². The average Bonchev–Trinajstić information content (AvgIpc) is 3.25. The molecule has 0 atom stereocenters. The van der Waals surface area contributed by atoms with Crippen LogP contribution < -0.4 is 9.03 Å². The molecule has 0 saturated heterocycles. The highest BCUT2D eigenvalue weighted by molar-refractivity contribution is 7.91. The first-order valence-corrected chi connectivity index (χ1v) is 11.5. The van der Waals surface area contributed by atoms with Gasteiger partial charge in [0.2, 0.25) is 5.88 Å². The monoisotopic (exact) mass is 476 g/mol. The predicted octanol–water partition coefficient (Wildman–Crippen LogP) is 5.06. The molecule has 2 N–H and O–H groups in total. The van der Waals surface area contributed by atoms with Crippen LogP contribution >= 0.6 is 23.2 Å². The molecule has 1 aliphatic heterocycles. The Bertz CT molecular complexity index is 1300. The number of nitrogens with zero attached hydrogens (tertiary/aromatic N) is 3. The van der Waals surface area contributed by atoms with Gasteiger partial charge in [0.05, 0.1) is 22.6 Å². The van der Waals surface area contributed by atoms with Gasteiger partial charge in [-0.05, 0) is 48.9 Å². The van der Waals surface area contributed by atoms with Crippen LogP contribution in [0.5, 0.6) is 0 Å². The summed E-state index contributed by atoms with van der Waals surface area (Å²) in [5, 5.41) is 10.5. The van der Waals surface area contributed by atoms with E-state index in [1.807, 2.05) is 40.6 Å². The third-order valence-corrected chi connectivity index (χ3v) is 6.51. The maximum Gasteiger partial charge on any atom is 0.330 e. The van der Waals surface area contributed by atoms with E-state index in [1.165, 1.54) is 0 Å². The fraction of sp³-hybridized carbons (Fsp3) is 0.0952. The molecule has 2 aromatic carbocycles. The molecule has 1 aliphatic rings. The van der Waals surface area contributed by atoms with Crippen molar-refractivity contribution >= 4 is 51.3 Å². The number of imidazole rings is 1. The summed E-state index contributed by atoms with van der Waals surface area (Å²) in [6.45, 7) is 2.75. The van der Waals surface area contributed by atoms with Gasteiger partial charge in [-0.15, -0.1) is 0 Å². The predicted molar refractivity (Wildman–Crippen MR) is 124 cm³/mol. The van der Waals surface area contributed by atoms with Crippen molar-refractivity contribution in [2.45, 2.75) is 13.5 Å². The van der Waals surface area contributed by atoms with Gasteiger partial charge in [0.1, 0.15) is 5.82 Å². The van der Waals surface area contributed by atoms with Crippen molar-refractivity contribution in [2.24, 2.45) is 0 Å². The number of hydrogen-bond donors (Lipinski definition) is 2. The fourth-order valence-electron chi connectivity index (χ4n) is 3.15. The van der Waals surface area contributed by atoms with Gasteiger partial charge in [0.25, 0.3) is 0 Å². The number of nitrogens with one attached hydrogen (secondary N) is 1. The van der Waals surface area contributed by atoms with Gasteiger partial charge in [-0.25, -0.2) is 14.0 Å². The summed E-state index contributed by atoms with van der Waals surface area (Å²) < 4.78 is 28.9. The molecule has 0 radical (unpaired) electrons. The normalized spacial score (nSPS) is 15.3. The number of aliphatic hydroxyl groups excluding tert-OH is 1. The molecule has 0 spiro atoms. The lowest BCUT2D eigenvalue weighted by Gasteiger charge is -2.13. The number of anilines is 1. The van der Waals surface area contributed by atoms with Crippen LogP contribution in [0.4, 0.5) is 5.69 Å². The van der Waals surface area contributed by atoms with E-state index in [0.717, 1.165) is 39.7 Å². The van der Waals surface area contributed by atoms with Crippen molar-refractivity contribution in [3.05, 3.63) is 82.2 Å². The third-order valence-electron chi connectivity index (χ3n) is 4.66. The van der Waals surface area contributed by atoms with E-state index in [1.54, 1.807) is 36.4 Å². The molecule has 0 bridgehead atoms. The minimum Gasteiger partial charge on any atom is -0.493 e. The zero-order valence-electron chi connectivity index (χ0n) is 16.3. The number of aliphatic hydroxyl groups is 1. The Morgan fingerprint density at radius 2 is 1.87 bits per heavy atom. The highest BCUT2D eigenvalue weighted by Crippen LogP contribution is 2.30. The van der Waals surface area contributed by atoms with Crippen molar-refractivity contribution in [1.82, 2.24) is 14.3 Å². The van der Waals surface area contributed by atoms with Crippen LogP contribution in [0.2, 0.25) is 10.0 Å². The van der Waals surface area contributed by atoms with Crippen molar-refractivity contribution < 1.29 is 13.5 Å². The summed E-state index contributed by atoms with van der Waals surface area (Å²) in [7, 11) is -3.81. The Morgan fingerprint density at radius 3 is 2.48 bits per heavy atom. The standard InChI is InChI=1S/C21H18Cl2N4O3S/c1-2-26-12-19(17-9-6-15(22)11-18(17)23)24-20(26)10-5-14-3-7-16(8-4-14)27-13-21(28)25-31(27,29)30/h3-13,25,28H,2H2,1H3. The van der Waals surface area contributed by atoms with Gasteiger partial charge in [0, 0.05) is 23.3 Å². The number of halogens is 2. The second kappa shape index (κ2) is 8.30. The molecule has 0 amide bonds. The van der Waals surface area contributed by atoms with E-state index in [4.69, 9.17) is 23.2 Å². The van der Waals surface area contributed by atoms with Gasteiger partial charge in [-0.3, -0.25) is 0 Å². The molecule has 2 heterocycles. The van der Waals surface area contributed by atoms with Crippen molar-refractivity contribution in [3.8, 4) is 11.3 Å². The highest BCUT2D eigenvalue weighted by atomic mass is 35.5. The SMILES string of the molecule is CCn1cc(-c2ccc(Cl)cc2Cl)nc1C=Cc1ccc(N2C=C(O)NS2(=O)=O)cc1. The van der Waals surface area contributed by atoms with E-state index in [-0.39, 0.29) is 0 Å². The number of hydrogen-bond acceptors (Lipinski definition) is 4. The van der Waals surface area contributed by atoms with Gasteiger partial charge in [0.15, 0.2) is 0 Å². The van der Waals surface area contributed by atoms with Gasteiger partial charge >= 0.3 is 10.2 Å². The first-order chi connectivity index (χ1) is 14.8. The van der Waals surface area contributed by atoms with Crippen LogP contribution in [0.15, 0.2) is 60.7 Å². The molecule has 0 fully saturated rings. The summed E-state index contributed by atoms with van der Waals surface area (Å²) in [6.07, 6.45) is 6.81. The molecule has 160 valence electrons. The summed E-state index contributed by atoms with van der Waals surface area (Å²) in [6, 6.07) is 12.2. The van der Waals surface area contributed by atoms with Crippen LogP contribution in [-0.4, -0.2) is 23.1 Å². The minimum atomic E-state index is -3.81. The molecule has 3 aromatic rings. The average molecular weight is 477 g/mol. The van der Waals surface area contributed by atoms with Crippen LogP contribution in [-0.2, 0) is 16.8 Å². The lowest BCUT2D eigenvalue weighted by Crippen LogP contribution is -2.29. The maximum absolute atomic E-state index is 12.0. The molecule has 10 heteroatoms. The molecule has 0 unspecified atom stereocenters. The third kappa shape index (κ3) is 4.41. The quantitative estimate of drug-likeness (QED) is 0.538. The van der Waals surface area contributed by atoms with Gasteiger partial charge in [-0.2, -0.15) is 8.42 Å². The molecule has 0 saturated carbocycles. The second-order valence-electron chi connectivity index (χ2n) is 6.74. The van der Waals surface area contributed by atoms with Gasteiger partial charge in [-0.1, -0.05) is 41.4 Å². The molecule has 4 rings (SSSR count). The Balaban J connectivity index is 1.58. The zero-order valence-corrected chi connectivity index (χ0v) is 18.7.